The van der Waals surface area contributed by atoms with Crippen molar-refractivity contribution >= 4 is 7.82 Å². The van der Waals surface area contributed by atoms with Crippen molar-refractivity contribution in [3.8, 4) is 28.7 Å². The van der Waals surface area contributed by atoms with Crippen molar-refractivity contribution < 1.29 is 177 Å². The SMILES string of the molecule is O=P(O)(O)OCC(C#Cc1ccc(-c2ccc(O)cc2)cc1)n1ccnc1CO.OC1CCCOC1.[CH3-].[CH3-].[Cs+].[Cs+]. The summed E-state index contributed by atoms with van der Waals surface area (Å²) >= 11 is 0. The second kappa shape index (κ2) is 22.6. The van der Waals surface area contributed by atoms with Crippen LogP contribution in [0.1, 0.15) is 30.3 Å². The first kappa shape index (κ1) is 43.2. The fourth-order valence-corrected chi connectivity index (χ4v) is 3.74. The average molecular weight is 812 g/mol. The van der Waals surface area contributed by atoms with Crippen LogP contribution in [0, 0.1) is 26.7 Å². The molecule has 0 spiro atoms. The topological polar surface area (TPSA) is 154 Å². The Bertz CT molecular complexity index is 1200. The van der Waals surface area contributed by atoms with E-state index in [2.05, 4.69) is 21.3 Å². The molecular weight excluding hydrogens is 777 g/mol. The first-order valence-electron chi connectivity index (χ1n) is 11.2. The number of hydrogen-bond donors (Lipinski definition) is 5. The van der Waals surface area contributed by atoms with E-state index in [1.165, 1.54) is 10.8 Å². The fourth-order valence-electron chi connectivity index (χ4n) is 3.40. The number of phenols is 1. The van der Waals surface area contributed by atoms with E-state index in [0.717, 1.165) is 30.6 Å². The van der Waals surface area contributed by atoms with Crippen LogP contribution in [0.4, 0.5) is 0 Å². The molecule has 13 heteroatoms. The molecule has 0 aliphatic carbocycles. The molecule has 0 bridgehead atoms. The Kier molecular flexibility index (Phi) is 24.4. The van der Waals surface area contributed by atoms with E-state index in [0.29, 0.717) is 18.0 Å². The Morgan fingerprint density at radius 2 is 1.68 bits per heavy atom. The third-order valence-corrected chi connectivity index (χ3v) is 5.72. The minimum absolute atomic E-state index is 0. The normalized spacial score (nSPS) is 14.7. The molecule has 3 aromatic rings. The van der Waals surface area contributed by atoms with Gasteiger partial charge >= 0.3 is 146 Å². The number of nitrogens with zero attached hydrogens (tertiary/aromatic N) is 2. The van der Waals surface area contributed by atoms with Crippen molar-refractivity contribution in [3.63, 3.8) is 0 Å². The van der Waals surface area contributed by atoms with E-state index in [-0.39, 0.29) is 178 Å². The molecule has 0 saturated carbocycles. The Morgan fingerprint density at radius 3 is 2.15 bits per heavy atom. The van der Waals surface area contributed by atoms with Crippen molar-refractivity contribution in [2.75, 3.05) is 19.8 Å². The van der Waals surface area contributed by atoms with Crippen LogP contribution in [0.2, 0.25) is 0 Å². The van der Waals surface area contributed by atoms with Crippen molar-refractivity contribution in [3.05, 3.63) is 87.2 Å². The molecule has 2 heterocycles. The number of aliphatic hydroxyl groups is 2. The van der Waals surface area contributed by atoms with E-state index in [4.69, 9.17) is 19.6 Å². The maximum Gasteiger partial charge on any atom is 1.00 e. The van der Waals surface area contributed by atoms with Gasteiger partial charge in [-0.25, -0.2) is 9.55 Å². The van der Waals surface area contributed by atoms with Crippen LogP contribution in [0.25, 0.3) is 11.1 Å². The molecule has 0 amide bonds. The molecule has 0 radical (unpaired) electrons. The van der Waals surface area contributed by atoms with Crippen LogP contribution in [-0.4, -0.2) is 60.6 Å². The van der Waals surface area contributed by atoms with Gasteiger partial charge in [-0.1, -0.05) is 36.1 Å². The Hall–Kier alpha value is 1.10. The predicted octanol–water partition coefficient (Wildman–Crippen LogP) is -2.48. The van der Waals surface area contributed by atoms with Crippen LogP contribution >= 0.6 is 7.82 Å². The van der Waals surface area contributed by atoms with Gasteiger partial charge in [0.25, 0.3) is 0 Å². The van der Waals surface area contributed by atoms with Gasteiger partial charge in [0, 0.05) is 24.6 Å². The Morgan fingerprint density at radius 1 is 1.07 bits per heavy atom. The van der Waals surface area contributed by atoms with Gasteiger partial charge in [0.05, 0.1) is 19.3 Å². The molecular formula is C27H35Cs2N2O8P. The molecule has 1 aliphatic heterocycles. The first-order valence-corrected chi connectivity index (χ1v) is 12.8. The van der Waals surface area contributed by atoms with Crippen LogP contribution in [0.15, 0.2) is 60.9 Å². The monoisotopic (exact) mass is 812 g/mol. The zero-order valence-corrected chi connectivity index (χ0v) is 36.9. The molecule has 10 nitrogen and oxygen atoms in total. The maximum absolute atomic E-state index is 11.1. The number of phosphoric acid groups is 1. The summed E-state index contributed by atoms with van der Waals surface area (Å²) in [6.07, 6.45) is 4.77. The van der Waals surface area contributed by atoms with Gasteiger partial charge in [0.2, 0.25) is 0 Å². The van der Waals surface area contributed by atoms with Crippen molar-refractivity contribution in [1.29, 1.82) is 0 Å². The Labute approximate surface area is 354 Å². The predicted molar refractivity (Wildman–Crippen MR) is 144 cm³/mol. The summed E-state index contributed by atoms with van der Waals surface area (Å²) in [5, 5.41) is 27.5. The second-order valence-electron chi connectivity index (χ2n) is 7.98. The van der Waals surface area contributed by atoms with Gasteiger partial charge in [0.1, 0.15) is 24.2 Å². The number of ether oxygens (including phenoxy) is 1. The van der Waals surface area contributed by atoms with Gasteiger partial charge in [-0.3, -0.25) is 4.52 Å². The van der Waals surface area contributed by atoms with Gasteiger partial charge < -0.3 is 49.3 Å². The number of hydrogen-bond acceptors (Lipinski definition) is 7. The van der Waals surface area contributed by atoms with Gasteiger partial charge in [-0.15, -0.1) is 0 Å². The number of imidazole rings is 1. The summed E-state index contributed by atoms with van der Waals surface area (Å²) < 4.78 is 22.1. The molecule has 1 fully saturated rings. The van der Waals surface area contributed by atoms with Gasteiger partial charge in [-0.2, -0.15) is 0 Å². The van der Waals surface area contributed by atoms with Crippen LogP contribution < -0.4 is 138 Å². The zero-order chi connectivity index (χ0) is 26.0. The number of aromatic nitrogens is 2. The molecule has 1 aromatic heterocycles. The summed E-state index contributed by atoms with van der Waals surface area (Å²) in [4.78, 5) is 21.9. The number of aliphatic hydroxyl groups excluding tert-OH is 2. The van der Waals surface area contributed by atoms with Crippen LogP contribution in [-0.2, 0) is 20.4 Å². The van der Waals surface area contributed by atoms with Crippen LogP contribution in [0.5, 0.6) is 5.75 Å². The number of phosphoric ester groups is 1. The fraction of sp³-hybridized carbons (Fsp3) is 0.296. The maximum atomic E-state index is 11.1. The summed E-state index contributed by atoms with van der Waals surface area (Å²) in [5.41, 5.74) is 2.59. The van der Waals surface area contributed by atoms with Crippen molar-refractivity contribution in [2.24, 2.45) is 0 Å². The number of aromatic hydroxyl groups is 1. The van der Waals surface area contributed by atoms with E-state index < -0.39 is 13.9 Å². The van der Waals surface area contributed by atoms with Crippen molar-refractivity contribution in [1.82, 2.24) is 9.55 Å². The van der Waals surface area contributed by atoms with E-state index in [9.17, 15) is 14.8 Å². The summed E-state index contributed by atoms with van der Waals surface area (Å²) in [6, 6.07) is 13.5. The van der Waals surface area contributed by atoms with Gasteiger partial charge in [-0.05, 0) is 48.2 Å². The molecule has 1 aliphatic rings. The molecule has 1 saturated heterocycles. The molecule has 5 N–H and O–H groups in total. The number of rotatable bonds is 6. The minimum atomic E-state index is -4.67. The van der Waals surface area contributed by atoms with E-state index >= 15 is 0 Å². The largest absolute Gasteiger partial charge is 1.00 e. The molecule has 2 unspecified atom stereocenters. The summed E-state index contributed by atoms with van der Waals surface area (Å²) in [6.45, 7) is 0.658. The minimum Gasteiger partial charge on any atom is -0.508 e. The summed E-state index contributed by atoms with van der Waals surface area (Å²) in [5.74, 6) is 6.37. The quantitative estimate of drug-likeness (QED) is 0.104. The molecule has 40 heavy (non-hydrogen) atoms. The van der Waals surface area contributed by atoms with Crippen molar-refractivity contribution in [2.45, 2.75) is 31.6 Å². The molecule has 208 valence electrons. The number of benzene rings is 2. The summed E-state index contributed by atoms with van der Waals surface area (Å²) in [7, 11) is -4.67. The Balaban J connectivity index is 0. The second-order valence-corrected chi connectivity index (χ2v) is 9.21. The van der Waals surface area contributed by atoms with Gasteiger partial charge in [0.15, 0.2) is 0 Å². The van der Waals surface area contributed by atoms with E-state index in [1.807, 2.05) is 24.3 Å². The molecule has 2 aromatic carbocycles. The van der Waals surface area contributed by atoms with Crippen LogP contribution in [0.3, 0.4) is 0 Å². The number of phenolic OH excluding ortho intramolecular Hbond substituents is 1. The zero-order valence-electron chi connectivity index (χ0n) is 23.5. The third-order valence-electron chi connectivity index (χ3n) is 5.23. The molecule has 2 atom stereocenters. The average Bonchev–Trinajstić information content (AvgIpc) is 3.34. The van der Waals surface area contributed by atoms with E-state index in [1.54, 1.807) is 30.5 Å². The third kappa shape index (κ3) is 15.7. The smallest absolute Gasteiger partial charge is 0.508 e. The standard InChI is InChI=1S/C20H19N2O6P.C5H10O2.2CH3.2Cs/c23-13-20-21-11-12-22(20)18(14-28-29(25,26)27)8-3-15-1-4-16(5-2-15)17-6-9-19(24)10-7-17;6-5-2-1-3-7-4-5;;;;/h1-2,4-7,9-12,18,23-24H,13-14H2,(H2,25,26,27);5-6H,1-4H2;2*1H3;;/q;;2*-1;2*+1. The first-order chi connectivity index (χ1) is 17.2. The molecule has 4 rings (SSSR count).